The van der Waals surface area contributed by atoms with E-state index in [9.17, 15) is 4.79 Å². The minimum Gasteiger partial charge on any atom is -0.497 e. The summed E-state index contributed by atoms with van der Waals surface area (Å²) >= 11 is 0. The molecule has 1 aliphatic heterocycles. The molecule has 1 aromatic rings. The molecule has 0 saturated carbocycles. The topological polar surface area (TPSA) is 41.6 Å². The molecule has 2 rings (SSSR count). The van der Waals surface area contributed by atoms with Gasteiger partial charge >= 0.3 is 0 Å². The van der Waals surface area contributed by atoms with Crippen molar-refractivity contribution in [3.63, 3.8) is 0 Å². The van der Waals surface area contributed by atoms with Gasteiger partial charge in [0.2, 0.25) is 0 Å². The van der Waals surface area contributed by atoms with Gasteiger partial charge < -0.3 is 10.1 Å². The molecule has 104 valence electrons. The Bertz CT molecular complexity index is 397. The third kappa shape index (κ3) is 4.65. The number of benzene rings is 1. The predicted molar refractivity (Wildman–Crippen MR) is 75.6 cm³/mol. The van der Waals surface area contributed by atoms with Crippen LogP contribution in [-0.2, 0) is 11.2 Å². The zero-order chi connectivity index (χ0) is 13.5. The van der Waals surface area contributed by atoms with E-state index in [1.165, 1.54) is 5.56 Å². The second-order valence-electron chi connectivity index (χ2n) is 4.91. The zero-order valence-corrected chi connectivity index (χ0v) is 11.5. The first-order chi connectivity index (χ1) is 9.28. The van der Waals surface area contributed by atoms with Crippen LogP contribution in [0.2, 0.25) is 0 Å². The molecule has 0 aliphatic carbocycles. The molecular formula is C15H22N2O2. The summed E-state index contributed by atoms with van der Waals surface area (Å²) in [6.07, 6.45) is 1.44. The molecule has 0 amide bonds. The summed E-state index contributed by atoms with van der Waals surface area (Å²) in [4.78, 5) is 14.1. The predicted octanol–water partition coefficient (Wildman–Crippen LogP) is 1.10. The minimum absolute atomic E-state index is 0.331. The number of methoxy groups -OCH3 is 1. The van der Waals surface area contributed by atoms with Crippen molar-refractivity contribution in [2.24, 2.45) is 0 Å². The molecule has 0 aromatic heterocycles. The quantitative estimate of drug-likeness (QED) is 0.833. The highest BCUT2D eigenvalue weighted by Gasteiger charge is 2.13. The number of rotatable bonds is 6. The van der Waals surface area contributed by atoms with Crippen LogP contribution in [0.4, 0.5) is 0 Å². The first kappa shape index (κ1) is 14.0. The van der Waals surface area contributed by atoms with Gasteiger partial charge in [0, 0.05) is 32.6 Å². The van der Waals surface area contributed by atoms with Crippen LogP contribution in [0.1, 0.15) is 12.0 Å². The SMILES string of the molecule is COc1ccc(CCC(=O)CN2CCNCC2)cc1. The molecular weight excluding hydrogens is 240 g/mol. The molecule has 1 aromatic carbocycles. The van der Waals surface area contributed by atoms with E-state index in [0.717, 1.165) is 38.3 Å². The molecule has 19 heavy (non-hydrogen) atoms. The van der Waals surface area contributed by atoms with Gasteiger partial charge in [-0.1, -0.05) is 12.1 Å². The van der Waals surface area contributed by atoms with Crippen LogP contribution in [0.15, 0.2) is 24.3 Å². The summed E-state index contributed by atoms with van der Waals surface area (Å²) in [5.41, 5.74) is 1.19. The Balaban J connectivity index is 1.72. The molecule has 0 spiro atoms. The zero-order valence-electron chi connectivity index (χ0n) is 11.5. The Labute approximate surface area is 114 Å². The maximum absolute atomic E-state index is 11.9. The smallest absolute Gasteiger partial charge is 0.147 e. The maximum atomic E-state index is 11.9. The van der Waals surface area contributed by atoms with E-state index >= 15 is 0 Å². The van der Waals surface area contributed by atoms with Gasteiger partial charge in [-0.2, -0.15) is 0 Å². The highest BCUT2D eigenvalue weighted by Crippen LogP contribution is 2.12. The Morgan fingerprint density at radius 1 is 1.26 bits per heavy atom. The van der Waals surface area contributed by atoms with Crippen molar-refractivity contribution in [3.8, 4) is 5.75 Å². The standard InChI is InChI=1S/C15H22N2O2/c1-19-15-6-3-13(4-7-15)2-5-14(18)12-17-10-8-16-9-11-17/h3-4,6-7,16H,2,5,8-12H2,1H3. The monoisotopic (exact) mass is 262 g/mol. The molecule has 0 atom stereocenters. The van der Waals surface area contributed by atoms with E-state index in [2.05, 4.69) is 10.2 Å². The summed E-state index contributed by atoms with van der Waals surface area (Å²) in [5, 5.41) is 3.29. The van der Waals surface area contributed by atoms with E-state index in [1.54, 1.807) is 7.11 Å². The second kappa shape index (κ2) is 7.26. The van der Waals surface area contributed by atoms with Gasteiger partial charge in [0.15, 0.2) is 0 Å². The summed E-state index contributed by atoms with van der Waals surface area (Å²) < 4.78 is 5.12. The van der Waals surface area contributed by atoms with E-state index in [-0.39, 0.29) is 0 Å². The van der Waals surface area contributed by atoms with E-state index in [0.29, 0.717) is 18.7 Å². The van der Waals surface area contributed by atoms with E-state index in [4.69, 9.17) is 4.74 Å². The number of ketones is 1. The fraction of sp³-hybridized carbons (Fsp3) is 0.533. The van der Waals surface area contributed by atoms with Crippen LogP contribution in [0.3, 0.4) is 0 Å². The Hall–Kier alpha value is -1.39. The number of aryl methyl sites for hydroxylation is 1. The average Bonchev–Trinajstić information content (AvgIpc) is 2.47. The lowest BCUT2D eigenvalue weighted by atomic mass is 10.1. The van der Waals surface area contributed by atoms with Gasteiger partial charge in [0.25, 0.3) is 0 Å². The normalized spacial score (nSPS) is 16.3. The van der Waals surface area contributed by atoms with Gasteiger partial charge in [-0.25, -0.2) is 0 Å². The van der Waals surface area contributed by atoms with Crippen LogP contribution in [-0.4, -0.2) is 50.5 Å². The number of hydrogen-bond acceptors (Lipinski definition) is 4. The lowest BCUT2D eigenvalue weighted by Crippen LogP contribution is -2.45. The van der Waals surface area contributed by atoms with Crippen molar-refractivity contribution in [2.45, 2.75) is 12.8 Å². The van der Waals surface area contributed by atoms with Gasteiger partial charge in [-0.15, -0.1) is 0 Å². The van der Waals surface area contributed by atoms with E-state index < -0.39 is 0 Å². The number of Topliss-reactive ketones (excluding diaryl/α,β-unsaturated/α-hetero) is 1. The van der Waals surface area contributed by atoms with E-state index in [1.807, 2.05) is 24.3 Å². The number of carbonyl (C=O) groups is 1. The number of piperazine rings is 1. The summed E-state index contributed by atoms with van der Waals surface area (Å²) in [7, 11) is 1.66. The van der Waals surface area contributed by atoms with Crippen molar-refractivity contribution in [2.75, 3.05) is 39.8 Å². The third-order valence-electron chi connectivity index (χ3n) is 3.46. The van der Waals surface area contributed by atoms with Crippen LogP contribution in [0, 0.1) is 0 Å². The largest absolute Gasteiger partial charge is 0.497 e. The molecule has 4 heteroatoms. The van der Waals surface area contributed by atoms with Crippen molar-refractivity contribution < 1.29 is 9.53 Å². The van der Waals surface area contributed by atoms with Gasteiger partial charge in [0.05, 0.1) is 13.7 Å². The molecule has 1 aliphatic rings. The Morgan fingerprint density at radius 2 is 1.95 bits per heavy atom. The molecule has 0 bridgehead atoms. The molecule has 1 N–H and O–H groups in total. The lowest BCUT2D eigenvalue weighted by molar-refractivity contribution is -0.120. The van der Waals surface area contributed by atoms with Gasteiger partial charge in [0.1, 0.15) is 11.5 Å². The molecule has 1 fully saturated rings. The first-order valence-corrected chi connectivity index (χ1v) is 6.85. The molecule has 1 heterocycles. The summed E-state index contributed by atoms with van der Waals surface area (Å²) in [6, 6.07) is 7.93. The minimum atomic E-state index is 0.331. The van der Waals surface area contributed by atoms with Crippen molar-refractivity contribution in [1.29, 1.82) is 0 Å². The first-order valence-electron chi connectivity index (χ1n) is 6.85. The van der Waals surface area contributed by atoms with Crippen LogP contribution >= 0.6 is 0 Å². The Morgan fingerprint density at radius 3 is 2.58 bits per heavy atom. The van der Waals surface area contributed by atoms with Gasteiger partial charge in [-0.3, -0.25) is 9.69 Å². The number of nitrogens with zero attached hydrogens (tertiary/aromatic N) is 1. The summed E-state index contributed by atoms with van der Waals surface area (Å²) in [6.45, 7) is 4.54. The number of hydrogen-bond donors (Lipinski definition) is 1. The highest BCUT2D eigenvalue weighted by atomic mass is 16.5. The summed E-state index contributed by atoms with van der Waals surface area (Å²) in [5.74, 6) is 1.19. The third-order valence-corrected chi connectivity index (χ3v) is 3.46. The molecule has 4 nitrogen and oxygen atoms in total. The number of ether oxygens (including phenoxy) is 1. The van der Waals surface area contributed by atoms with Crippen LogP contribution < -0.4 is 10.1 Å². The Kier molecular flexibility index (Phi) is 5.36. The van der Waals surface area contributed by atoms with Crippen molar-refractivity contribution in [3.05, 3.63) is 29.8 Å². The van der Waals surface area contributed by atoms with Crippen LogP contribution in [0.25, 0.3) is 0 Å². The molecule has 0 radical (unpaired) electrons. The average molecular weight is 262 g/mol. The van der Waals surface area contributed by atoms with Crippen LogP contribution in [0.5, 0.6) is 5.75 Å². The lowest BCUT2D eigenvalue weighted by Gasteiger charge is -2.26. The fourth-order valence-electron chi connectivity index (χ4n) is 2.27. The maximum Gasteiger partial charge on any atom is 0.147 e. The van der Waals surface area contributed by atoms with Crippen molar-refractivity contribution in [1.82, 2.24) is 10.2 Å². The highest BCUT2D eigenvalue weighted by molar-refractivity contribution is 5.80. The molecule has 1 saturated heterocycles. The number of nitrogens with one attached hydrogen (secondary N) is 1. The van der Waals surface area contributed by atoms with Gasteiger partial charge in [-0.05, 0) is 24.1 Å². The van der Waals surface area contributed by atoms with Crippen molar-refractivity contribution >= 4 is 5.78 Å². The number of carbonyl (C=O) groups excluding carboxylic acids is 1. The molecule has 0 unspecified atom stereocenters. The fourth-order valence-corrected chi connectivity index (χ4v) is 2.27. The second-order valence-corrected chi connectivity index (χ2v) is 4.91.